The summed E-state index contributed by atoms with van der Waals surface area (Å²) in [5, 5.41) is 4.21. The molecule has 0 unspecified atom stereocenters. The lowest BCUT2D eigenvalue weighted by Gasteiger charge is -2.30. The number of halogens is 1. The van der Waals surface area contributed by atoms with Crippen LogP contribution in [0.1, 0.15) is 44.1 Å². The Kier molecular flexibility index (Phi) is 4.54. The minimum Gasteiger partial charge on any atom is -0.454 e. The summed E-state index contributed by atoms with van der Waals surface area (Å²) in [7, 11) is 0. The van der Waals surface area contributed by atoms with Crippen LogP contribution < -0.4 is 14.8 Å². The van der Waals surface area contributed by atoms with Gasteiger partial charge >= 0.3 is 0 Å². The van der Waals surface area contributed by atoms with Gasteiger partial charge in [-0.05, 0) is 73.4 Å². The number of likely N-dealkylation sites (tertiary alicyclic amines) is 1. The molecule has 3 aliphatic carbocycles. The van der Waals surface area contributed by atoms with Gasteiger partial charge in [0.15, 0.2) is 11.5 Å². The molecule has 0 radical (unpaired) electrons. The van der Waals surface area contributed by atoms with Crippen molar-refractivity contribution in [3.63, 3.8) is 0 Å². The fourth-order valence-electron chi connectivity index (χ4n) is 6.52. The Morgan fingerprint density at radius 2 is 2.03 bits per heavy atom. The second-order valence-corrected chi connectivity index (χ2v) is 10.2. The Balaban J connectivity index is 1.03. The van der Waals surface area contributed by atoms with E-state index in [9.17, 15) is 4.79 Å². The predicted molar refractivity (Wildman–Crippen MR) is 115 cm³/mol. The summed E-state index contributed by atoms with van der Waals surface area (Å²) in [5.74, 6) is 4.02. The van der Waals surface area contributed by atoms with Crippen LogP contribution in [0.15, 0.2) is 24.3 Å². The molecule has 1 amide bonds. The van der Waals surface area contributed by atoms with E-state index in [1.165, 1.54) is 19.3 Å². The number of hydrogen-bond donors (Lipinski definition) is 1. The molecule has 160 valence electrons. The van der Waals surface area contributed by atoms with Crippen LogP contribution in [0.3, 0.4) is 0 Å². The molecule has 2 heterocycles. The van der Waals surface area contributed by atoms with Gasteiger partial charge in [0.25, 0.3) is 0 Å². The van der Waals surface area contributed by atoms with E-state index in [1.807, 2.05) is 12.1 Å². The molecule has 2 aliphatic heterocycles. The predicted octanol–water partition coefficient (Wildman–Crippen LogP) is 4.14. The summed E-state index contributed by atoms with van der Waals surface area (Å²) in [6.45, 7) is 2.79. The number of amides is 1. The molecule has 2 bridgehead atoms. The highest BCUT2D eigenvalue weighted by molar-refractivity contribution is 6.31. The molecule has 1 spiro atoms. The molecule has 3 fully saturated rings. The van der Waals surface area contributed by atoms with Crippen LogP contribution in [0.5, 0.6) is 11.5 Å². The third-order valence-corrected chi connectivity index (χ3v) is 8.59. The van der Waals surface area contributed by atoms with Crippen LogP contribution >= 0.6 is 11.6 Å². The average molecular weight is 429 g/mol. The Hall–Kier alpha value is -1.72. The maximum atomic E-state index is 12.6. The standard InChI is InChI=1S/C24H29ClN2O3/c25-20-11-22-21(29-14-30-22)10-15(20)12-26-8-5-18-2-4-23(28)27(18)13-16-9-17-1-3-19(16)24(17)6-7-24/h1,3,10-11,16-19,26H,2,4-9,12-14H2/t16-,17+,18+,19+/m0/s1. The Morgan fingerprint density at radius 3 is 2.83 bits per heavy atom. The molecule has 2 saturated carbocycles. The van der Waals surface area contributed by atoms with Gasteiger partial charge in [-0.25, -0.2) is 0 Å². The normalized spacial score (nSPS) is 32.0. The molecule has 1 aromatic rings. The van der Waals surface area contributed by atoms with Crippen molar-refractivity contribution < 1.29 is 14.3 Å². The molecule has 1 aromatic carbocycles. The van der Waals surface area contributed by atoms with Gasteiger partial charge in [0.1, 0.15) is 0 Å². The van der Waals surface area contributed by atoms with Gasteiger partial charge < -0.3 is 19.7 Å². The fourth-order valence-corrected chi connectivity index (χ4v) is 6.74. The van der Waals surface area contributed by atoms with E-state index in [0.29, 0.717) is 47.0 Å². The van der Waals surface area contributed by atoms with Crippen LogP contribution in [0, 0.1) is 23.2 Å². The molecule has 6 rings (SSSR count). The van der Waals surface area contributed by atoms with Gasteiger partial charge in [-0.1, -0.05) is 23.8 Å². The minimum atomic E-state index is 0.258. The van der Waals surface area contributed by atoms with Crippen molar-refractivity contribution in [1.82, 2.24) is 10.2 Å². The summed E-state index contributed by atoms with van der Waals surface area (Å²) in [4.78, 5) is 14.8. The van der Waals surface area contributed by atoms with Crippen molar-refractivity contribution in [2.75, 3.05) is 19.9 Å². The highest BCUT2D eigenvalue weighted by Crippen LogP contribution is 2.70. The lowest BCUT2D eigenvalue weighted by molar-refractivity contribution is -0.129. The number of benzene rings is 1. The minimum absolute atomic E-state index is 0.258. The third-order valence-electron chi connectivity index (χ3n) is 8.24. The van der Waals surface area contributed by atoms with E-state index < -0.39 is 0 Å². The molecule has 0 aromatic heterocycles. The van der Waals surface area contributed by atoms with Crippen LogP contribution in [-0.2, 0) is 11.3 Å². The molecule has 30 heavy (non-hydrogen) atoms. The zero-order valence-corrected chi connectivity index (χ0v) is 18.0. The first-order chi connectivity index (χ1) is 14.6. The quantitative estimate of drug-likeness (QED) is 0.523. The highest BCUT2D eigenvalue weighted by atomic mass is 35.5. The van der Waals surface area contributed by atoms with Crippen molar-refractivity contribution in [1.29, 1.82) is 0 Å². The maximum absolute atomic E-state index is 12.6. The number of ether oxygens (including phenoxy) is 2. The van der Waals surface area contributed by atoms with Gasteiger partial charge in [0.05, 0.1) is 0 Å². The monoisotopic (exact) mass is 428 g/mol. The number of carbonyl (C=O) groups excluding carboxylic acids is 1. The van der Waals surface area contributed by atoms with Crippen LogP contribution in [0.2, 0.25) is 5.02 Å². The smallest absolute Gasteiger partial charge is 0.231 e. The summed E-state index contributed by atoms with van der Waals surface area (Å²) in [5.41, 5.74) is 1.62. The molecule has 5 aliphatic rings. The number of fused-ring (bicyclic) bond motifs is 1. The van der Waals surface area contributed by atoms with Crippen molar-refractivity contribution >= 4 is 17.5 Å². The zero-order valence-electron chi connectivity index (χ0n) is 17.2. The second-order valence-electron chi connectivity index (χ2n) is 9.75. The third kappa shape index (κ3) is 3.04. The van der Waals surface area contributed by atoms with Crippen molar-refractivity contribution in [2.24, 2.45) is 23.2 Å². The molecular formula is C24H29ClN2O3. The summed E-state index contributed by atoms with van der Waals surface area (Å²) in [6.07, 6.45) is 11.7. The van der Waals surface area contributed by atoms with Gasteiger partial charge in [0.2, 0.25) is 12.7 Å². The first-order valence-electron chi connectivity index (χ1n) is 11.4. The summed E-state index contributed by atoms with van der Waals surface area (Å²) >= 11 is 6.38. The Bertz CT molecular complexity index is 897. The number of hydrogen-bond acceptors (Lipinski definition) is 4. The van der Waals surface area contributed by atoms with Crippen molar-refractivity contribution in [3.8, 4) is 11.5 Å². The molecular weight excluding hydrogens is 400 g/mol. The van der Waals surface area contributed by atoms with E-state index in [0.717, 1.165) is 49.1 Å². The van der Waals surface area contributed by atoms with Gasteiger partial charge in [0, 0.05) is 36.6 Å². The second kappa shape index (κ2) is 7.16. The first kappa shape index (κ1) is 19.0. The van der Waals surface area contributed by atoms with Crippen LogP contribution in [0.4, 0.5) is 0 Å². The lowest BCUT2D eigenvalue weighted by Crippen LogP contribution is -2.39. The number of carbonyl (C=O) groups is 1. The van der Waals surface area contributed by atoms with E-state index in [-0.39, 0.29) is 6.79 Å². The zero-order chi connectivity index (χ0) is 20.3. The van der Waals surface area contributed by atoms with Crippen LogP contribution in [-0.4, -0.2) is 36.7 Å². The van der Waals surface area contributed by atoms with E-state index >= 15 is 0 Å². The number of nitrogens with one attached hydrogen (secondary N) is 1. The van der Waals surface area contributed by atoms with Crippen molar-refractivity contribution in [3.05, 3.63) is 34.9 Å². The highest BCUT2D eigenvalue weighted by Gasteiger charge is 2.62. The number of nitrogens with zero attached hydrogens (tertiary/aromatic N) is 1. The average Bonchev–Trinajstić information content (AvgIpc) is 2.95. The topological polar surface area (TPSA) is 50.8 Å². The molecule has 4 atom stereocenters. The van der Waals surface area contributed by atoms with E-state index in [2.05, 4.69) is 22.4 Å². The van der Waals surface area contributed by atoms with Gasteiger partial charge in [-0.2, -0.15) is 0 Å². The molecule has 5 nitrogen and oxygen atoms in total. The first-order valence-corrected chi connectivity index (χ1v) is 11.8. The number of allylic oxidation sites excluding steroid dienone is 2. The number of rotatable bonds is 7. The van der Waals surface area contributed by atoms with Crippen LogP contribution in [0.25, 0.3) is 0 Å². The van der Waals surface area contributed by atoms with Gasteiger partial charge in [-0.15, -0.1) is 0 Å². The molecule has 1 N–H and O–H groups in total. The maximum Gasteiger partial charge on any atom is 0.231 e. The largest absolute Gasteiger partial charge is 0.454 e. The van der Waals surface area contributed by atoms with Crippen molar-refractivity contribution in [2.45, 2.75) is 51.1 Å². The lowest BCUT2D eigenvalue weighted by atomic mass is 9.88. The van der Waals surface area contributed by atoms with E-state index in [4.69, 9.17) is 21.1 Å². The van der Waals surface area contributed by atoms with E-state index in [1.54, 1.807) is 0 Å². The van der Waals surface area contributed by atoms with Gasteiger partial charge in [-0.3, -0.25) is 4.79 Å². The summed E-state index contributed by atoms with van der Waals surface area (Å²) in [6, 6.07) is 4.16. The Labute approximate surface area is 182 Å². The fraction of sp³-hybridized carbons (Fsp3) is 0.625. The Morgan fingerprint density at radius 1 is 1.20 bits per heavy atom. The SMILES string of the molecule is O=C1CC[C@H](CCNCc2cc3c(cc2Cl)OCO3)N1C[C@@H]1C[C@H]2C=C[C@H]1C21CC1. The summed E-state index contributed by atoms with van der Waals surface area (Å²) < 4.78 is 10.8. The molecule has 1 saturated heterocycles. The molecule has 6 heteroatoms.